The van der Waals surface area contributed by atoms with Crippen LogP contribution < -0.4 is 14.8 Å². The number of nitrogens with two attached hydrogens (primary N) is 1. The highest BCUT2D eigenvalue weighted by Gasteiger charge is 2.07. The lowest BCUT2D eigenvalue weighted by Crippen LogP contribution is -2.87. The van der Waals surface area contributed by atoms with Crippen molar-refractivity contribution < 1.29 is 14.8 Å². The van der Waals surface area contributed by atoms with Gasteiger partial charge in [0.1, 0.15) is 13.2 Å². The van der Waals surface area contributed by atoms with Crippen LogP contribution in [-0.2, 0) is 6.54 Å². The summed E-state index contributed by atoms with van der Waals surface area (Å²) in [5.74, 6) is 1.55. The molecule has 0 amide bonds. The number of methoxy groups -OCH3 is 1. The lowest BCUT2D eigenvalue weighted by Gasteiger charge is -2.12. The van der Waals surface area contributed by atoms with E-state index in [-0.39, 0.29) is 0 Å². The second kappa shape index (κ2) is 7.77. The van der Waals surface area contributed by atoms with Gasteiger partial charge in [-0.25, -0.2) is 0 Å². The minimum Gasteiger partial charge on any atom is -0.493 e. The molecule has 0 aliphatic heterocycles. The molecule has 0 saturated heterocycles. The predicted molar refractivity (Wildman–Crippen MR) is 74.1 cm³/mol. The molecule has 1 aromatic carbocycles. The van der Waals surface area contributed by atoms with Crippen LogP contribution in [0.5, 0.6) is 11.5 Å². The van der Waals surface area contributed by atoms with E-state index in [1.165, 1.54) is 12.0 Å². The molecule has 0 radical (unpaired) electrons. The summed E-state index contributed by atoms with van der Waals surface area (Å²) in [6, 6.07) is 6.73. The molecular weight excluding hydrogens is 226 g/mol. The Morgan fingerprint density at radius 1 is 1.39 bits per heavy atom. The third-order valence-corrected chi connectivity index (χ3v) is 2.98. The number of hydrogen-bond donors (Lipinski definition) is 1. The van der Waals surface area contributed by atoms with Crippen LogP contribution >= 0.6 is 0 Å². The Morgan fingerprint density at radius 3 is 2.78 bits per heavy atom. The Morgan fingerprint density at radius 2 is 2.17 bits per heavy atom. The maximum Gasteiger partial charge on any atom is 0.161 e. The summed E-state index contributed by atoms with van der Waals surface area (Å²) in [6.45, 7) is 9.53. The highest BCUT2D eigenvalue weighted by Crippen LogP contribution is 2.27. The largest absolute Gasteiger partial charge is 0.493 e. The Kier molecular flexibility index (Phi) is 6.29. The van der Waals surface area contributed by atoms with Crippen LogP contribution in [0.1, 0.15) is 25.8 Å². The van der Waals surface area contributed by atoms with Crippen LogP contribution in [0, 0.1) is 0 Å². The first-order chi connectivity index (χ1) is 8.71. The summed E-state index contributed by atoms with van der Waals surface area (Å²) < 4.78 is 10.9. The lowest BCUT2D eigenvalue weighted by molar-refractivity contribution is -0.701. The summed E-state index contributed by atoms with van der Waals surface area (Å²) >= 11 is 0. The number of benzene rings is 1. The third kappa shape index (κ3) is 4.41. The predicted octanol–water partition coefficient (Wildman–Crippen LogP) is 2.12. The number of ether oxygens (including phenoxy) is 2. The highest BCUT2D eigenvalue weighted by atomic mass is 16.5. The van der Waals surface area contributed by atoms with Gasteiger partial charge in [0.15, 0.2) is 11.5 Å². The van der Waals surface area contributed by atoms with Crippen molar-refractivity contribution in [1.82, 2.24) is 0 Å². The minimum atomic E-state index is 0.495. The van der Waals surface area contributed by atoms with E-state index in [0.717, 1.165) is 18.0 Å². The smallest absolute Gasteiger partial charge is 0.161 e. The van der Waals surface area contributed by atoms with Gasteiger partial charge in [-0.1, -0.05) is 19.6 Å². The van der Waals surface area contributed by atoms with Crippen molar-refractivity contribution in [3.63, 3.8) is 0 Å². The van der Waals surface area contributed by atoms with Gasteiger partial charge in [0.25, 0.3) is 0 Å². The van der Waals surface area contributed by atoms with Crippen LogP contribution in [0.4, 0.5) is 0 Å². The zero-order chi connectivity index (χ0) is 13.4. The van der Waals surface area contributed by atoms with E-state index in [4.69, 9.17) is 9.47 Å². The molecule has 0 aromatic heterocycles. The number of hydrogen-bond acceptors (Lipinski definition) is 2. The molecule has 0 spiro atoms. The highest BCUT2D eigenvalue weighted by molar-refractivity contribution is 5.42. The fourth-order valence-electron chi connectivity index (χ4n) is 1.61. The van der Waals surface area contributed by atoms with Gasteiger partial charge < -0.3 is 14.8 Å². The number of rotatable bonds is 8. The molecule has 0 fully saturated rings. The third-order valence-electron chi connectivity index (χ3n) is 2.98. The molecule has 1 aromatic rings. The molecular formula is C15H24NO2+. The quantitative estimate of drug-likeness (QED) is 0.717. The van der Waals surface area contributed by atoms with Gasteiger partial charge in [-0.3, -0.25) is 0 Å². The van der Waals surface area contributed by atoms with E-state index < -0.39 is 0 Å². The summed E-state index contributed by atoms with van der Waals surface area (Å²) in [4.78, 5) is 0. The second-order valence-electron chi connectivity index (χ2n) is 4.41. The van der Waals surface area contributed by atoms with E-state index in [1.807, 2.05) is 12.1 Å². The summed E-state index contributed by atoms with van der Waals surface area (Å²) in [5, 5.41) is 2.33. The lowest BCUT2D eigenvalue weighted by atomic mass is 10.1. The zero-order valence-electron chi connectivity index (χ0n) is 11.6. The van der Waals surface area contributed by atoms with Gasteiger partial charge in [0.05, 0.1) is 13.2 Å². The molecule has 0 saturated carbocycles. The van der Waals surface area contributed by atoms with E-state index in [0.29, 0.717) is 12.6 Å². The van der Waals surface area contributed by atoms with Crippen molar-refractivity contribution in [1.29, 1.82) is 0 Å². The Labute approximate surface area is 110 Å². The Bertz CT molecular complexity index is 377. The summed E-state index contributed by atoms with van der Waals surface area (Å²) in [5.41, 5.74) is 1.25. The fraction of sp³-hybridized carbons (Fsp3) is 0.467. The van der Waals surface area contributed by atoms with E-state index in [1.54, 1.807) is 13.2 Å². The molecule has 0 heterocycles. The second-order valence-corrected chi connectivity index (χ2v) is 4.41. The molecule has 18 heavy (non-hydrogen) atoms. The van der Waals surface area contributed by atoms with Crippen LogP contribution in [-0.4, -0.2) is 19.8 Å². The van der Waals surface area contributed by atoms with Crippen molar-refractivity contribution in [2.24, 2.45) is 0 Å². The van der Waals surface area contributed by atoms with Crippen molar-refractivity contribution in [2.45, 2.75) is 32.9 Å². The normalized spacial score (nSPS) is 11.9. The molecule has 0 aliphatic carbocycles. The molecule has 1 atom stereocenters. The average Bonchev–Trinajstić information content (AvgIpc) is 2.42. The fourth-order valence-corrected chi connectivity index (χ4v) is 1.61. The number of quaternary nitrogens is 1. The molecule has 0 unspecified atom stereocenters. The first kappa shape index (κ1) is 14.6. The molecule has 1 rings (SSSR count). The van der Waals surface area contributed by atoms with Crippen molar-refractivity contribution in [3.8, 4) is 11.5 Å². The van der Waals surface area contributed by atoms with Gasteiger partial charge in [-0.2, -0.15) is 0 Å². The molecule has 0 aliphatic rings. The van der Waals surface area contributed by atoms with Crippen molar-refractivity contribution in [2.75, 3.05) is 13.7 Å². The molecule has 0 bridgehead atoms. The van der Waals surface area contributed by atoms with Crippen LogP contribution in [0.25, 0.3) is 0 Å². The van der Waals surface area contributed by atoms with Crippen LogP contribution in [0.3, 0.4) is 0 Å². The van der Waals surface area contributed by atoms with Gasteiger partial charge in [0.2, 0.25) is 0 Å². The maximum atomic E-state index is 5.53. The maximum absolute atomic E-state index is 5.53. The van der Waals surface area contributed by atoms with Crippen LogP contribution in [0.15, 0.2) is 30.9 Å². The van der Waals surface area contributed by atoms with Gasteiger partial charge in [-0.05, 0) is 31.5 Å². The standard InChI is InChI=1S/C15H23NO2/c1-5-9-18-14-8-7-13(10-15(14)17-4)11-16-12(3)6-2/h5,7-8,10,12,16H,1,6,9,11H2,2-4H3/p+1/t12-/m0/s1. The minimum absolute atomic E-state index is 0.495. The molecule has 2 N–H and O–H groups in total. The van der Waals surface area contributed by atoms with E-state index in [9.17, 15) is 0 Å². The zero-order valence-corrected chi connectivity index (χ0v) is 11.6. The summed E-state index contributed by atoms with van der Waals surface area (Å²) in [7, 11) is 1.66. The molecule has 100 valence electrons. The SMILES string of the molecule is C=CCOc1ccc(C[NH2+][C@@H](C)CC)cc1OC. The Hall–Kier alpha value is -1.48. The van der Waals surface area contributed by atoms with Crippen molar-refractivity contribution in [3.05, 3.63) is 36.4 Å². The molecule has 3 nitrogen and oxygen atoms in total. The van der Waals surface area contributed by atoms with Gasteiger partial charge in [-0.15, -0.1) is 0 Å². The summed E-state index contributed by atoms with van der Waals surface area (Å²) in [6.07, 6.45) is 2.90. The van der Waals surface area contributed by atoms with E-state index in [2.05, 4.69) is 31.8 Å². The average molecular weight is 250 g/mol. The van der Waals surface area contributed by atoms with Gasteiger partial charge in [0, 0.05) is 5.56 Å². The monoisotopic (exact) mass is 250 g/mol. The van der Waals surface area contributed by atoms with Gasteiger partial charge >= 0.3 is 0 Å². The first-order valence-electron chi connectivity index (χ1n) is 6.45. The Balaban J connectivity index is 2.68. The topological polar surface area (TPSA) is 35.1 Å². The van der Waals surface area contributed by atoms with Crippen LogP contribution in [0.2, 0.25) is 0 Å². The van der Waals surface area contributed by atoms with Crippen molar-refractivity contribution >= 4 is 0 Å². The first-order valence-corrected chi connectivity index (χ1v) is 6.45. The van der Waals surface area contributed by atoms with E-state index >= 15 is 0 Å². The molecule has 3 heteroatoms.